The Morgan fingerprint density at radius 2 is 2.20 bits per heavy atom. The van der Waals surface area contributed by atoms with E-state index in [1.807, 2.05) is 5.38 Å². The van der Waals surface area contributed by atoms with Crippen molar-refractivity contribution >= 4 is 22.4 Å². The third-order valence-corrected chi connectivity index (χ3v) is 3.42. The summed E-state index contributed by atoms with van der Waals surface area (Å²) in [6.07, 6.45) is 4.47. The maximum Gasteiger partial charge on any atom is 0.229 e. The van der Waals surface area contributed by atoms with Gasteiger partial charge in [0, 0.05) is 17.5 Å². The van der Waals surface area contributed by atoms with Gasteiger partial charge in [0.25, 0.3) is 0 Å². The summed E-state index contributed by atoms with van der Waals surface area (Å²) < 4.78 is 0. The SMILES string of the molecule is O=C(Nc1nccs1)C1CCC(O)CC1. The fourth-order valence-corrected chi connectivity index (χ4v) is 2.36. The van der Waals surface area contributed by atoms with Gasteiger partial charge in [0.1, 0.15) is 0 Å². The Morgan fingerprint density at radius 1 is 1.47 bits per heavy atom. The molecule has 1 aliphatic carbocycles. The molecule has 0 spiro atoms. The summed E-state index contributed by atoms with van der Waals surface area (Å²) in [5, 5.41) is 14.6. The quantitative estimate of drug-likeness (QED) is 0.805. The van der Waals surface area contributed by atoms with Crippen LogP contribution >= 0.6 is 11.3 Å². The summed E-state index contributed by atoms with van der Waals surface area (Å²) >= 11 is 1.42. The molecular formula is C10H14N2O2S. The molecule has 1 saturated carbocycles. The molecule has 2 rings (SSSR count). The Bertz CT molecular complexity index is 318. The fourth-order valence-electron chi connectivity index (χ4n) is 1.83. The molecule has 4 nitrogen and oxygen atoms in total. The van der Waals surface area contributed by atoms with Gasteiger partial charge in [-0.1, -0.05) is 0 Å². The van der Waals surface area contributed by atoms with Crippen molar-refractivity contribution in [2.24, 2.45) is 5.92 Å². The molecule has 82 valence electrons. The molecular weight excluding hydrogens is 212 g/mol. The van der Waals surface area contributed by atoms with E-state index in [0.717, 1.165) is 25.7 Å². The second-order valence-corrected chi connectivity index (χ2v) is 4.73. The highest BCUT2D eigenvalue weighted by Gasteiger charge is 2.25. The summed E-state index contributed by atoms with van der Waals surface area (Å²) in [6, 6.07) is 0. The van der Waals surface area contributed by atoms with Crippen LogP contribution in [0.3, 0.4) is 0 Å². The van der Waals surface area contributed by atoms with Crippen LogP contribution in [0.2, 0.25) is 0 Å². The zero-order valence-corrected chi connectivity index (χ0v) is 9.17. The van der Waals surface area contributed by atoms with Gasteiger partial charge in [-0.15, -0.1) is 11.3 Å². The number of anilines is 1. The molecule has 0 aromatic carbocycles. The van der Waals surface area contributed by atoms with Crippen LogP contribution < -0.4 is 5.32 Å². The minimum absolute atomic E-state index is 0.0388. The topological polar surface area (TPSA) is 62.2 Å². The third kappa shape index (κ3) is 2.76. The number of rotatable bonds is 2. The molecule has 0 saturated heterocycles. The molecule has 15 heavy (non-hydrogen) atoms. The van der Waals surface area contributed by atoms with Crippen molar-refractivity contribution in [3.63, 3.8) is 0 Å². The van der Waals surface area contributed by atoms with Gasteiger partial charge in [-0.3, -0.25) is 4.79 Å². The van der Waals surface area contributed by atoms with Crippen LogP contribution in [-0.2, 0) is 4.79 Å². The van der Waals surface area contributed by atoms with Crippen molar-refractivity contribution in [3.8, 4) is 0 Å². The van der Waals surface area contributed by atoms with E-state index in [-0.39, 0.29) is 17.9 Å². The van der Waals surface area contributed by atoms with E-state index in [4.69, 9.17) is 0 Å². The van der Waals surface area contributed by atoms with Gasteiger partial charge in [0.15, 0.2) is 5.13 Å². The van der Waals surface area contributed by atoms with E-state index in [1.54, 1.807) is 6.20 Å². The number of nitrogens with zero attached hydrogens (tertiary/aromatic N) is 1. The molecule has 0 bridgehead atoms. The predicted molar refractivity (Wildman–Crippen MR) is 58.7 cm³/mol. The van der Waals surface area contributed by atoms with E-state index in [9.17, 15) is 9.90 Å². The second kappa shape index (κ2) is 4.72. The Morgan fingerprint density at radius 3 is 2.80 bits per heavy atom. The van der Waals surface area contributed by atoms with Crippen LogP contribution in [0.15, 0.2) is 11.6 Å². The number of nitrogens with one attached hydrogen (secondary N) is 1. The first-order chi connectivity index (χ1) is 7.25. The summed E-state index contributed by atoms with van der Waals surface area (Å²) in [6.45, 7) is 0. The Hall–Kier alpha value is -0.940. The number of aromatic nitrogens is 1. The van der Waals surface area contributed by atoms with Crippen LogP contribution in [0.5, 0.6) is 0 Å². The number of hydrogen-bond acceptors (Lipinski definition) is 4. The first kappa shape index (κ1) is 10.6. The van der Waals surface area contributed by atoms with Crippen LogP contribution in [0.25, 0.3) is 0 Å². The third-order valence-electron chi connectivity index (χ3n) is 2.73. The number of thiazole rings is 1. The average molecular weight is 226 g/mol. The number of hydrogen-bond donors (Lipinski definition) is 2. The summed E-state index contributed by atoms with van der Waals surface area (Å²) in [5.74, 6) is 0.0779. The van der Waals surface area contributed by atoms with Crippen LogP contribution in [0, 0.1) is 5.92 Å². The highest BCUT2D eigenvalue weighted by Crippen LogP contribution is 2.25. The molecule has 1 aromatic rings. The minimum Gasteiger partial charge on any atom is -0.393 e. The van der Waals surface area contributed by atoms with Crippen molar-refractivity contribution in [3.05, 3.63) is 11.6 Å². The highest BCUT2D eigenvalue weighted by molar-refractivity contribution is 7.13. The number of amides is 1. The standard InChI is InChI=1S/C10H14N2O2S/c13-8-3-1-7(2-4-8)9(14)12-10-11-5-6-15-10/h5-8,13H,1-4H2,(H,11,12,14). The lowest BCUT2D eigenvalue weighted by Gasteiger charge is -2.23. The predicted octanol–water partition coefficient (Wildman–Crippen LogP) is 1.63. The van der Waals surface area contributed by atoms with Crippen molar-refractivity contribution in [2.75, 3.05) is 5.32 Å². The molecule has 0 aliphatic heterocycles. The van der Waals surface area contributed by atoms with E-state index in [1.165, 1.54) is 11.3 Å². The lowest BCUT2D eigenvalue weighted by Crippen LogP contribution is -2.28. The minimum atomic E-state index is -0.214. The number of carbonyl (C=O) groups excluding carboxylic acids is 1. The molecule has 1 fully saturated rings. The Balaban J connectivity index is 1.86. The lowest BCUT2D eigenvalue weighted by molar-refractivity contribution is -0.121. The first-order valence-corrected chi connectivity index (χ1v) is 6.02. The fraction of sp³-hybridized carbons (Fsp3) is 0.600. The molecule has 2 N–H and O–H groups in total. The monoisotopic (exact) mass is 226 g/mol. The number of carbonyl (C=O) groups is 1. The van der Waals surface area contributed by atoms with Crippen molar-refractivity contribution in [1.82, 2.24) is 4.98 Å². The molecule has 1 aliphatic rings. The zero-order valence-electron chi connectivity index (χ0n) is 8.35. The van der Waals surface area contributed by atoms with Crippen molar-refractivity contribution in [2.45, 2.75) is 31.8 Å². The molecule has 1 heterocycles. The van der Waals surface area contributed by atoms with Gasteiger partial charge in [0.05, 0.1) is 6.10 Å². The molecule has 0 radical (unpaired) electrons. The number of aliphatic hydroxyl groups excluding tert-OH is 1. The van der Waals surface area contributed by atoms with Crippen LogP contribution in [0.4, 0.5) is 5.13 Å². The van der Waals surface area contributed by atoms with Gasteiger partial charge in [-0.2, -0.15) is 0 Å². The van der Waals surface area contributed by atoms with E-state index < -0.39 is 0 Å². The maximum absolute atomic E-state index is 11.7. The van der Waals surface area contributed by atoms with Crippen LogP contribution in [0.1, 0.15) is 25.7 Å². The molecule has 5 heteroatoms. The van der Waals surface area contributed by atoms with Gasteiger partial charge in [-0.05, 0) is 25.7 Å². The van der Waals surface area contributed by atoms with E-state index in [2.05, 4.69) is 10.3 Å². The van der Waals surface area contributed by atoms with Gasteiger partial charge in [-0.25, -0.2) is 4.98 Å². The summed E-state index contributed by atoms with van der Waals surface area (Å²) in [4.78, 5) is 15.7. The van der Waals surface area contributed by atoms with Crippen molar-refractivity contribution in [1.29, 1.82) is 0 Å². The first-order valence-electron chi connectivity index (χ1n) is 5.14. The van der Waals surface area contributed by atoms with Gasteiger partial charge in [0.2, 0.25) is 5.91 Å². The van der Waals surface area contributed by atoms with E-state index in [0.29, 0.717) is 5.13 Å². The Labute approximate surface area is 92.3 Å². The van der Waals surface area contributed by atoms with Crippen LogP contribution in [-0.4, -0.2) is 22.1 Å². The summed E-state index contributed by atoms with van der Waals surface area (Å²) in [5.41, 5.74) is 0. The maximum atomic E-state index is 11.7. The molecule has 1 amide bonds. The highest BCUT2D eigenvalue weighted by atomic mass is 32.1. The van der Waals surface area contributed by atoms with Gasteiger partial charge < -0.3 is 10.4 Å². The molecule has 0 atom stereocenters. The summed E-state index contributed by atoms with van der Waals surface area (Å²) in [7, 11) is 0. The molecule has 1 aromatic heterocycles. The zero-order chi connectivity index (χ0) is 10.7. The smallest absolute Gasteiger partial charge is 0.229 e. The largest absolute Gasteiger partial charge is 0.393 e. The second-order valence-electron chi connectivity index (χ2n) is 3.83. The molecule has 0 unspecified atom stereocenters. The lowest BCUT2D eigenvalue weighted by atomic mass is 9.87. The van der Waals surface area contributed by atoms with E-state index >= 15 is 0 Å². The number of aliphatic hydroxyl groups is 1. The normalized spacial score (nSPS) is 26.2. The Kier molecular flexibility index (Phi) is 3.33. The van der Waals surface area contributed by atoms with Crippen molar-refractivity contribution < 1.29 is 9.90 Å². The van der Waals surface area contributed by atoms with Gasteiger partial charge >= 0.3 is 0 Å². The average Bonchev–Trinajstić information content (AvgIpc) is 2.71.